The van der Waals surface area contributed by atoms with E-state index < -0.39 is 0 Å². The van der Waals surface area contributed by atoms with Gasteiger partial charge in [-0.25, -0.2) is 4.79 Å². The first-order valence-corrected chi connectivity index (χ1v) is 9.52. The molecule has 1 N–H and O–H groups in total. The molecule has 0 aromatic heterocycles. The summed E-state index contributed by atoms with van der Waals surface area (Å²) < 4.78 is 5.36. The molecule has 0 aromatic rings. The average molecular weight is 352 g/mol. The fourth-order valence-electron chi connectivity index (χ4n) is 4.42. The maximum absolute atomic E-state index is 12.9. The summed E-state index contributed by atoms with van der Waals surface area (Å²) in [4.78, 5) is 31.2. The Morgan fingerprint density at radius 2 is 1.72 bits per heavy atom. The molecule has 3 aliphatic heterocycles. The number of likely N-dealkylation sites (N-methyl/N-ethyl adjacent to an activating group) is 1. The Labute approximate surface area is 150 Å². The minimum absolute atomic E-state index is 0.0193. The van der Waals surface area contributed by atoms with Crippen LogP contribution in [0, 0.1) is 5.41 Å². The second-order valence-corrected chi connectivity index (χ2v) is 8.16. The van der Waals surface area contributed by atoms with Crippen LogP contribution in [0.5, 0.6) is 0 Å². The van der Waals surface area contributed by atoms with Crippen molar-refractivity contribution in [2.45, 2.75) is 45.2 Å². The first kappa shape index (κ1) is 18.5. The number of nitrogens with zero attached hydrogens (tertiary/aromatic N) is 3. The summed E-state index contributed by atoms with van der Waals surface area (Å²) in [7, 11) is 2.07. The highest BCUT2D eigenvalue weighted by atomic mass is 16.5. The number of nitrogens with one attached hydrogen (secondary N) is 1. The molecule has 1 spiro atoms. The van der Waals surface area contributed by atoms with E-state index in [1.165, 1.54) is 0 Å². The third-order valence-electron chi connectivity index (χ3n) is 5.87. The first-order chi connectivity index (χ1) is 11.9. The van der Waals surface area contributed by atoms with Gasteiger partial charge in [-0.3, -0.25) is 9.69 Å². The Balaban J connectivity index is 1.56. The molecule has 3 aliphatic rings. The highest BCUT2D eigenvalue weighted by Crippen LogP contribution is 2.43. The topological polar surface area (TPSA) is 65.1 Å². The number of morpholine rings is 1. The molecule has 3 amide bonds. The van der Waals surface area contributed by atoms with Crippen molar-refractivity contribution in [3.63, 3.8) is 0 Å². The van der Waals surface area contributed by atoms with Crippen LogP contribution in [0.25, 0.3) is 0 Å². The van der Waals surface area contributed by atoms with E-state index >= 15 is 0 Å². The molecule has 3 heterocycles. The monoisotopic (exact) mass is 352 g/mol. The maximum atomic E-state index is 12.9. The van der Waals surface area contributed by atoms with E-state index in [0.717, 1.165) is 38.9 Å². The first-order valence-electron chi connectivity index (χ1n) is 9.52. The van der Waals surface area contributed by atoms with E-state index in [0.29, 0.717) is 26.3 Å². The highest BCUT2D eigenvalue weighted by Gasteiger charge is 2.48. The maximum Gasteiger partial charge on any atom is 0.317 e. The number of carbonyl (C=O) groups excluding carboxylic acids is 2. The van der Waals surface area contributed by atoms with Crippen molar-refractivity contribution < 1.29 is 14.3 Å². The van der Waals surface area contributed by atoms with Crippen LogP contribution in [0.4, 0.5) is 4.79 Å². The van der Waals surface area contributed by atoms with Gasteiger partial charge in [0.15, 0.2) is 0 Å². The van der Waals surface area contributed by atoms with Gasteiger partial charge in [0.05, 0.1) is 19.3 Å². The van der Waals surface area contributed by atoms with Crippen LogP contribution in [0.2, 0.25) is 0 Å². The Hall–Kier alpha value is -1.34. The Kier molecular flexibility index (Phi) is 5.53. The van der Waals surface area contributed by atoms with Gasteiger partial charge in [-0.15, -0.1) is 0 Å². The molecule has 142 valence electrons. The summed E-state index contributed by atoms with van der Waals surface area (Å²) in [6.45, 7) is 9.19. The molecule has 25 heavy (non-hydrogen) atoms. The zero-order valence-electron chi connectivity index (χ0n) is 15.8. The summed E-state index contributed by atoms with van der Waals surface area (Å²) in [5.74, 6) is 0.252. The minimum atomic E-state index is -0.0193. The van der Waals surface area contributed by atoms with Crippen LogP contribution in [-0.4, -0.2) is 91.7 Å². The summed E-state index contributed by atoms with van der Waals surface area (Å²) in [5, 5.41) is 2.97. The smallest absolute Gasteiger partial charge is 0.317 e. The van der Waals surface area contributed by atoms with Gasteiger partial charge in [0.25, 0.3) is 0 Å². The number of urea groups is 1. The largest absolute Gasteiger partial charge is 0.378 e. The number of carbonyl (C=O) groups is 2. The van der Waals surface area contributed by atoms with Crippen molar-refractivity contribution >= 4 is 11.9 Å². The molecule has 0 aliphatic carbocycles. The number of hydrogen-bond donors (Lipinski definition) is 1. The number of piperidine rings is 1. The van der Waals surface area contributed by atoms with Crippen LogP contribution in [-0.2, 0) is 9.53 Å². The zero-order valence-corrected chi connectivity index (χ0v) is 15.8. The normalized spacial score (nSPS) is 27.1. The molecule has 3 saturated heterocycles. The van der Waals surface area contributed by atoms with Crippen molar-refractivity contribution in [2.24, 2.45) is 5.41 Å². The lowest BCUT2D eigenvalue weighted by Crippen LogP contribution is -2.49. The fraction of sp³-hybridized carbons (Fsp3) is 0.889. The molecule has 3 fully saturated rings. The van der Waals surface area contributed by atoms with Gasteiger partial charge in [-0.1, -0.05) is 0 Å². The molecule has 0 bridgehead atoms. The fourth-order valence-corrected chi connectivity index (χ4v) is 4.42. The van der Waals surface area contributed by atoms with Gasteiger partial charge in [-0.2, -0.15) is 0 Å². The number of ether oxygens (including phenoxy) is 1. The van der Waals surface area contributed by atoms with Gasteiger partial charge in [0.2, 0.25) is 5.91 Å². The van der Waals surface area contributed by atoms with Crippen LogP contribution >= 0.6 is 0 Å². The van der Waals surface area contributed by atoms with Crippen LogP contribution in [0.1, 0.15) is 33.1 Å². The summed E-state index contributed by atoms with van der Waals surface area (Å²) in [6, 6.07) is 0.183. The zero-order chi connectivity index (χ0) is 18.0. The van der Waals surface area contributed by atoms with E-state index in [9.17, 15) is 9.59 Å². The second-order valence-electron chi connectivity index (χ2n) is 8.16. The molecule has 1 atom stereocenters. The number of likely N-dealkylation sites (tertiary alicyclic amines) is 2. The molecule has 3 rings (SSSR count). The summed E-state index contributed by atoms with van der Waals surface area (Å²) in [5.41, 5.74) is 0.177. The van der Waals surface area contributed by atoms with Gasteiger partial charge >= 0.3 is 6.03 Å². The van der Waals surface area contributed by atoms with Gasteiger partial charge in [0.1, 0.15) is 0 Å². The molecule has 1 unspecified atom stereocenters. The van der Waals surface area contributed by atoms with Gasteiger partial charge in [-0.05, 0) is 45.6 Å². The Bertz CT molecular complexity index is 497. The molecular weight excluding hydrogens is 320 g/mol. The lowest BCUT2D eigenvalue weighted by molar-refractivity contribution is -0.139. The van der Waals surface area contributed by atoms with E-state index in [1.54, 1.807) is 0 Å². The average Bonchev–Trinajstić information content (AvgIpc) is 2.91. The van der Waals surface area contributed by atoms with Crippen LogP contribution < -0.4 is 5.32 Å². The van der Waals surface area contributed by atoms with E-state index in [-0.39, 0.29) is 29.4 Å². The third kappa shape index (κ3) is 4.08. The number of rotatable bonds is 2. The van der Waals surface area contributed by atoms with Crippen LogP contribution in [0.15, 0.2) is 0 Å². The summed E-state index contributed by atoms with van der Waals surface area (Å²) >= 11 is 0. The molecule has 0 radical (unpaired) electrons. The quantitative estimate of drug-likeness (QED) is 0.796. The lowest BCUT2D eigenvalue weighted by Gasteiger charge is -2.39. The van der Waals surface area contributed by atoms with Crippen molar-refractivity contribution in [1.29, 1.82) is 0 Å². The van der Waals surface area contributed by atoms with Crippen molar-refractivity contribution in [3.8, 4) is 0 Å². The standard InChI is InChI=1S/C18H32N4O3/c1-14(2)19-17(24)22-6-4-18(5-7-22)12-15(20(3)13-18)16(23)21-8-10-25-11-9-21/h14-15H,4-13H2,1-3H3,(H,19,24). The predicted molar refractivity (Wildman–Crippen MR) is 95.3 cm³/mol. The molecule has 7 heteroatoms. The van der Waals surface area contributed by atoms with Crippen LogP contribution in [0.3, 0.4) is 0 Å². The van der Waals surface area contributed by atoms with E-state index in [2.05, 4.69) is 17.3 Å². The van der Waals surface area contributed by atoms with Gasteiger partial charge < -0.3 is 19.9 Å². The van der Waals surface area contributed by atoms with E-state index in [1.807, 2.05) is 23.6 Å². The lowest BCUT2D eigenvalue weighted by atomic mass is 9.76. The Morgan fingerprint density at radius 1 is 1.08 bits per heavy atom. The Morgan fingerprint density at radius 3 is 2.32 bits per heavy atom. The molecule has 7 nitrogen and oxygen atoms in total. The molecular formula is C18H32N4O3. The van der Waals surface area contributed by atoms with Gasteiger partial charge in [0, 0.05) is 38.8 Å². The third-order valence-corrected chi connectivity index (χ3v) is 5.87. The second kappa shape index (κ2) is 7.50. The number of amides is 3. The van der Waals surface area contributed by atoms with Crippen molar-refractivity contribution in [3.05, 3.63) is 0 Å². The van der Waals surface area contributed by atoms with E-state index in [4.69, 9.17) is 4.74 Å². The minimum Gasteiger partial charge on any atom is -0.378 e. The van der Waals surface area contributed by atoms with Crippen molar-refractivity contribution in [1.82, 2.24) is 20.0 Å². The molecule has 0 aromatic carbocycles. The predicted octanol–water partition coefficient (Wildman–Crippen LogP) is 0.750. The molecule has 0 saturated carbocycles. The highest BCUT2D eigenvalue weighted by molar-refractivity contribution is 5.82. The summed E-state index contributed by atoms with van der Waals surface area (Å²) in [6.07, 6.45) is 2.88. The SMILES string of the molecule is CC(C)NC(=O)N1CCC2(CC1)CC(C(=O)N1CCOCC1)N(C)C2. The van der Waals surface area contributed by atoms with Crippen molar-refractivity contribution in [2.75, 3.05) is 53.0 Å². The number of hydrogen-bond acceptors (Lipinski definition) is 4.